The third-order valence-electron chi connectivity index (χ3n) is 4.76. The molecule has 0 aromatic carbocycles. The van der Waals surface area contributed by atoms with Crippen molar-refractivity contribution in [1.82, 2.24) is 0 Å². The van der Waals surface area contributed by atoms with Gasteiger partial charge in [-0.05, 0) is 0 Å². The third-order valence-corrected chi connectivity index (χ3v) is 11.9. The first-order valence-electron chi connectivity index (χ1n) is 10.3. The van der Waals surface area contributed by atoms with E-state index in [4.69, 9.17) is 0 Å². The summed E-state index contributed by atoms with van der Waals surface area (Å²) in [4.78, 5) is 0. The van der Waals surface area contributed by atoms with Gasteiger partial charge in [0.15, 0.2) is 0 Å². The van der Waals surface area contributed by atoms with E-state index in [-0.39, 0.29) is 0 Å². The van der Waals surface area contributed by atoms with Crippen molar-refractivity contribution in [3.63, 3.8) is 0 Å². The van der Waals surface area contributed by atoms with Gasteiger partial charge in [-0.25, -0.2) is 0 Å². The van der Waals surface area contributed by atoms with Gasteiger partial charge in [-0.2, -0.15) is 0 Å². The molecular formula is C20H43AsO. The molecule has 1 nitrogen and oxygen atoms in total. The van der Waals surface area contributed by atoms with E-state index in [1.165, 1.54) is 89.9 Å². The Morgan fingerprint density at radius 2 is 0.773 bits per heavy atom. The second-order valence-electron chi connectivity index (χ2n) is 7.12. The maximum atomic E-state index is 13.2. The van der Waals surface area contributed by atoms with Gasteiger partial charge in [0.2, 0.25) is 0 Å². The molecule has 0 N–H and O–H groups in total. The van der Waals surface area contributed by atoms with Gasteiger partial charge in [0.1, 0.15) is 0 Å². The summed E-state index contributed by atoms with van der Waals surface area (Å²) in [6.07, 6.45) is 18.3. The van der Waals surface area contributed by atoms with E-state index in [0.29, 0.717) is 0 Å². The Morgan fingerprint density at radius 1 is 0.455 bits per heavy atom. The Bertz CT molecular complexity index is 242. The van der Waals surface area contributed by atoms with E-state index in [1.807, 2.05) is 0 Å². The molecule has 22 heavy (non-hydrogen) atoms. The van der Waals surface area contributed by atoms with Crippen LogP contribution in [-0.2, 0) is 3.74 Å². The van der Waals surface area contributed by atoms with E-state index in [2.05, 4.69) is 20.8 Å². The molecule has 0 aliphatic rings. The molecule has 0 saturated carbocycles. The van der Waals surface area contributed by atoms with Crippen LogP contribution in [0.25, 0.3) is 0 Å². The van der Waals surface area contributed by atoms with Crippen LogP contribution in [0.2, 0.25) is 15.6 Å². The maximum absolute atomic E-state index is 13.2. The van der Waals surface area contributed by atoms with Crippen molar-refractivity contribution < 1.29 is 3.74 Å². The van der Waals surface area contributed by atoms with Gasteiger partial charge in [0.05, 0.1) is 0 Å². The van der Waals surface area contributed by atoms with Gasteiger partial charge in [-0.3, -0.25) is 0 Å². The fourth-order valence-corrected chi connectivity index (χ4v) is 9.78. The number of rotatable bonds is 17. The van der Waals surface area contributed by atoms with Gasteiger partial charge < -0.3 is 0 Å². The molecule has 0 saturated heterocycles. The minimum absolute atomic E-state index is 1.08. The predicted molar refractivity (Wildman–Crippen MR) is 103 cm³/mol. The van der Waals surface area contributed by atoms with Crippen LogP contribution in [0.4, 0.5) is 0 Å². The van der Waals surface area contributed by atoms with Crippen LogP contribution in [0.3, 0.4) is 0 Å². The third kappa shape index (κ3) is 14.0. The Morgan fingerprint density at radius 3 is 1.18 bits per heavy atom. The van der Waals surface area contributed by atoms with Crippen molar-refractivity contribution in [3.05, 3.63) is 0 Å². The van der Waals surface area contributed by atoms with Crippen LogP contribution in [0.1, 0.15) is 111 Å². The molecule has 0 fully saturated rings. The van der Waals surface area contributed by atoms with E-state index >= 15 is 0 Å². The van der Waals surface area contributed by atoms with Crippen molar-refractivity contribution in [2.75, 3.05) is 0 Å². The summed E-state index contributed by atoms with van der Waals surface area (Å²) in [5, 5.41) is 3.28. The Labute approximate surface area is 143 Å². The zero-order valence-corrected chi connectivity index (χ0v) is 17.8. The van der Waals surface area contributed by atoms with Gasteiger partial charge in [-0.1, -0.05) is 0 Å². The molecule has 0 bridgehead atoms. The second-order valence-corrected chi connectivity index (χ2v) is 14.4. The van der Waals surface area contributed by atoms with Crippen LogP contribution in [0.15, 0.2) is 0 Å². The molecule has 0 unspecified atom stereocenters. The summed E-state index contributed by atoms with van der Waals surface area (Å²) in [6, 6.07) is 0. The minimum atomic E-state index is -2.53. The normalized spacial score (nSPS) is 12.0. The standard InChI is InChI=1S/C20H43AsO/c1-4-7-10-12-14-16-19-21(22,18-9-6-3)20-17-15-13-11-8-5-2/h4-20H2,1-3H3. The van der Waals surface area contributed by atoms with E-state index < -0.39 is 13.5 Å². The number of unbranched alkanes of at least 4 members (excludes halogenated alkanes) is 11. The van der Waals surface area contributed by atoms with Crippen molar-refractivity contribution in [2.45, 2.75) is 126 Å². The molecule has 0 aliphatic carbocycles. The molecule has 0 heterocycles. The Hall–Kier alpha value is 0.358. The van der Waals surface area contributed by atoms with E-state index in [1.54, 1.807) is 0 Å². The molecule has 0 amide bonds. The SMILES string of the molecule is CCCCCCCC[As](=O)(CCCC)CCCCCCCC. The van der Waals surface area contributed by atoms with Crippen LogP contribution >= 0.6 is 0 Å². The monoisotopic (exact) mass is 374 g/mol. The second kappa shape index (κ2) is 16.2. The summed E-state index contributed by atoms with van der Waals surface area (Å²) in [5.41, 5.74) is 0. The fraction of sp³-hybridized carbons (Fsp3) is 1.00. The first-order valence-corrected chi connectivity index (χ1v) is 15.0. The molecule has 0 aliphatic heterocycles. The zero-order chi connectivity index (χ0) is 16.5. The molecule has 0 atom stereocenters. The van der Waals surface area contributed by atoms with Crippen LogP contribution < -0.4 is 0 Å². The van der Waals surface area contributed by atoms with Crippen LogP contribution in [-0.4, -0.2) is 13.5 Å². The molecule has 2 heteroatoms. The number of hydrogen-bond donors (Lipinski definition) is 0. The van der Waals surface area contributed by atoms with Crippen LogP contribution in [0.5, 0.6) is 0 Å². The van der Waals surface area contributed by atoms with Gasteiger partial charge in [0.25, 0.3) is 0 Å². The summed E-state index contributed by atoms with van der Waals surface area (Å²) in [5.74, 6) is 0. The molecule has 0 spiro atoms. The van der Waals surface area contributed by atoms with E-state index in [9.17, 15) is 3.74 Å². The van der Waals surface area contributed by atoms with Crippen LogP contribution in [0, 0.1) is 0 Å². The fourth-order valence-electron chi connectivity index (χ4n) is 3.14. The van der Waals surface area contributed by atoms with Gasteiger partial charge >= 0.3 is 144 Å². The summed E-state index contributed by atoms with van der Waals surface area (Å²) in [7, 11) is 0. The van der Waals surface area contributed by atoms with Gasteiger partial charge in [0, 0.05) is 0 Å². The zero-order valence-electron chi connectivity index (χ0n) is 15.9. The topological polar surface area (TPSA) is 17.1 Å². The Kier molecular flexibility index (Phi) is 16.5. The van der Waals surface area contributed by atoms with Crippen molar-refractivity contribution in [2.24, 2.45) is 0 Å². The van der Waals surface area contributed by atoms with Crippen molar-refractivity contribution >= 4 is 13.5 Å². The molecule has 0 rings (SSSR count). The van der Waals surface area contributed by atoms with Gasteiger partial charge in [-0.15, -0.1) is 0 Å². The summed E-state index contributed by atoms with van der Waals surface area (Å²) < 4.78 is 13.2. The quantitative estimate of drug-likeness (QED) is 0.187. The summed E-state index contributed by atoms with van der Waals surface area (Å²) in [6.45, 7) is 6.76. The molecule has 134 valence electrons. The molecule has 0 radical (unpaired) electrons. The Balaban J connectivity index is 3.87. The molecular weight excluding hydrogens is 331 g/mol. The molecule has 0 aromatic rings. The predicted octanol–water partition coefficient (Wildman–Crippen LogP) is 7.88. The summed E-state index contributed by atoms with van der Waals surface area (Å²) >= 11 is -2.53. The average molecular weight is 374 g/mol. The number of hydrogen-bond acceptors (Lipinski definition) is 1. The first-order chi connectivity index (χ1) is 10.7. The van der Waals surface area contributed by atoms with Crippen molar-refractivity contribution in [1.29, 1.82) is 0 Å². The van der Waals surface area contributed by atoms with Crippen molar-refractivity contribution in [3.8, 4) is 0 Å². The van der Waals surface area contributed by atoms with E-state index in [0.717, 1.165) is 15.6 Å². The average Bonchev–Trinajstić information content (AvgIpc) is 2.52. The first kappa shape index (κ1) is 22.4. The molecule has 0 aromatic heterocycles.